The molecule has 2 N–H and O–H groups in total. The van der Waals surface area contributed by atoms with E-state index in [0.29, 0.717) is 35.5 Å². The molecule has 1 fully saturated rings. The van der Waals surface area contributed by atoms with Crippen molar-refractivity contribution in [1.82, 2.24) is 4.31 Å². The van der Waals surface area contributed by atoms with Gasteiger partial charge in [0.25, 0.3) is 5.91 Å². The van der Waals surface area contributed by atoms with Gasteiger partial charge in [0, 0.05) is 18.3 Å². The van der Waals surface area contributed by atoms with Crippen LogP contribution in [0.4, 0.5) is 11.4 Å². The van der Waals surface area contributed by atoms with Gasteiger partial charge in [-0.3, -0.25) is 9.59 Å². The minimum atomic E-state index is -3.95. The van der Waals surface area contributed by atoms with Gasteiger partial charge < -0.3 is 15.4 Å². The second-order valence-electron chi connectivity index (χ2n) is 8.00. The molecule has 0 bridgehead atoms. The summed E-state index contributed by atoms with van der Waals surface area (Å²) in [6.45, 7) is 5.44. The topological polar surface area (TPSA) is 105 Å². The van der Waals surface area contributed by atoms with Crippen molar-refractivity contribution >= 4 is 33.2 Å². The molecule has 2 amide bonds. The Morgan fingerprint density at radius 2 is 2.00 bits per heavy atom. The second-order valence-corrected chi connectivity index (χ2v) is 9.85. The summed E-state index contributed by atoms with van der Waals surface area (Å²) in [6, 6.07) is 9.61. The number of nitrogens with one attached hydrogen (secondary N) is 2. The molecular weight excluding hydrogens is 418 g/mol. The van der Waals surface area contributed by atoms with E-state index in [4.69, 9.17) is 4.74 Å². The van der Waals surface area contributed by atoms with Gasteiger partial charge in [0.2, 0.25) is 15.9 Å². The molecule has 2 aliphatic rings. The van der Waals surface area contributed by atoms with E-state index < -0.39 is 22.2 Å². The highest BCUT2D eigenvalue weighted by atomic mass is 32.2. The SMILES string of the molecule is Cc1cccc(NC(=O)[C@H]2CCCN2S(=O)(=O)c2cc3c(cc2C)NC(=O)[C@H](C)O3)c1. The van der Waals surface area contributed by atoms with E-state index in [2.05, 4.69) is 10.6 Å². The Labute approximate surface area is 181 Å². The number of nitrogens with zero attached hydrogens (tertiary/aromatic N) is 1. The fourth-order valence-corrected chi connectivity index (χ4v) is 5.87. The molecule has 2 aliphatic heterocycles. The largest absolute Gasteiger partial charge is 0.479 e. The van der Waals surface area contributed by atoms with Crippen LogP contribution >= 0.6 is 0 Å². The number of rotatable bonds is 4. The fraction of sp³-hybridized carbons (Fsp3) is 0.364. The van der Waals surface area contributed by atoms with Crippen LogP contribution in [0.2, 0.25) is 0 Å². The maximum Gasteiger partial charge on any atom is 0.265 e. The number of anilines is 2. The average Bonchev–Trinajstić information content (AvgIpc) is 3.20. The predicted octanol–water partition coefficient (Wildman–Crippen LogP) is 2.81. The van der Waals surface area contributed by atoms with Crippen molar-refractivity contribution in [3.05, 3.63) is 47.5 Å². The van der Waals surface area contributed by atoms with Gasteiger partial charge in [-0.2, -0.15) is 4.31 Å². The first-order valence-corrected chi connectivity index (χ1v) is 11.6. The average molecular weight is 444 g/mol. The Hall–Kier alpha value is -2.91. The van der Waals surface area contributed by atoms with Gasteiger partial charge in [0.1, 0.15) is 11.8 Å². The van der Waals surface area contributed by atoms with Crippen LogP contribution in [0.15, 0.2) is 41.3 Å². The molecule has 2 aromatic carbocycles. The minimum Gasteiger partial charge on any atom is -0.479 e. The highest BCUT2D eigenvalue weighted by Crippen LogP contribution is 2.37. The van der Waals surface area contributed by atoms with E-state index in [-0.39, 0.29) is 23.3 Å². The highest BCUT2D eigenvalue weighted by molar-refractivity contribution is 7.89. The molecule has 0 unspecified atom stereocenters. The molecule has 31 heavy (non-hydrogen) atoms. The summed E-state index contributed by atoms with van der Waals surface area (Å²) in [5.41, 5.74) is 2.55. The summed E-state index contributed by atoms with van der Waals surface area (Å²) in [5, 5.41) is 5.56. The lowest BCUT2D eigenvalue weighted by Gasteiger charge is -2.27. The van der Waals surface area contributed by atoms with E-state index in [1.807, 2.05) is 25.1 Å². The third kappa shape index (κ3) is 4.03. The normalized spacial score (nSPS) is 21.2. The van der Waals surface area contributed by atoms with Crippen LogP contribution in [0.5, 0.6) is 5.75 Å². The maximum atomic E-state index is 13.5. The van der Waals surface area contributed by atoms with E-state index in [9.17, 15) is 18.0 Å². The number of aryl methyl sites for hydroxylation is 2. The third-order valence-corrected chi connectivity index (χ3v) is 7.64. The zero-order valence-electron chi connectivity index (χ0n) is 17.6. The molecule has 0 aliphatic carbocycles. The monoisotopic (exact) mass is 443 g/mol. The minimum absolute atomic E-state index is 0.0739. The van der Waals surface area contributed by atoms with Gasteiger partial charge in [-0.15, -0.1) is 0 Å². The molecule has 164 valence electrons. The number of carbonyl (C=O) groups is 2. The molecule has 1 saturated heterocycles. The number of amides is 2. The molecule has 4 rings (SSSR count). The Morgan fingerprint density at radius 1 is 1.23 bits per heavy atom. The summed E-state index contributed by atoms with van der Waals surface area (Å²) in [5.74, 6) is -0.328. The Balaban J connectivity index is 1.63. The van der Waals surface area contributed by atoms with Crippen LogP contribution in [0, 0.1) is 13.8 Å². The number of ether oxygens (including phenoxy) is 1. The van der Waals surface area contributed by atoms with Crippen LogP contribution in [-0.2, 0) is 19.6 Å². The number of hydrogen-bond donors (Lipinski definition) is 2. The summed E-state index contributed by atoms with van der Waals surface area (Å²) >= 11 is 0. The number of sulfonamides is 1. The standard InChI is InChI=1S/C22H25N3O5S/c1-13-6-4-7-16(10-13)23-22(27)18-8-5-9-25(18)31(28,29)20-12-19-17(11-14(20)2)24-21(26)15(3)30-19/h4,6-7,10-12,15,18H,5,8-9H2,1-3H3,(H,23,27)(H,24,26)/t15-,18+/m0/s1. The van der Waals surface area contributed by atoms with Crippen molar-refractivity contribution in [2.75, 3.05) is 17.2 Å². The van der Waals surface area contributed by atoms with E-state index >= 15 is 0 Å². The maximum absolute atomic E-state index is 13.5. The quantitative estimate of drug-likeness (QED) is 0.756. The molecule has 2 heterocycles. The van der Waals surface area contributed by atoms with Gasteiger partial charge in [0.15, 0.2) is 6.10 Å². The molecule has 0 spiro atoms. The lowest BCUT2D eigenvalue weighted by Crippen LogP contribution is -2.43. The molecular formula is C22H25N3O5S. The summed E-state index contributed by atoms with van der Waals surface area (Å²) in [6.07, 6.45) is 0.328. The molecule has 2 aromatic rings. The van der Waals surface area contributed by atoms with Crippen LogP contribution < -0.4 is 15.4 Å². The molecule has 8 nitrogen and oxygen atoms in total. The predicted molar refractivity (Wildman–Crippen MR) is 117 cm³/mol. The molecule has 9 heteroatoms. The summed E-state index contributed by atoms with van der Waals surface area (Å²) in [7, 11) is -3.95. The highest BCUT2D eigenvalue weighted by Gasteiger charge is 2.40. The van der Waals surface area contributed by atoms with Crippen LogP contribution in [0.1, 0.15) is 30.9 Å². The number of fused-ring (bicyclic) bond motifs is 1. The smallest absolute Gasteiger partial charge is 0.265 e. The lowest BCUT2D eigenvalue weighted by atomic mass is 10.1. The van der Waals surface area contributed by atoms with Crippen molar-refractivity contribution in [2.24, 2.45) is 0 Å². The second kappa shape index (κ2) is 7.97. The van der Waals surface area contributed by atoms with E-state index in [0.717, 1.165) is 5.56 Å². The van der Waals surface area contributed by atoms with E-state index in [1.165, 1.54) is 10.4 Å². The van der Waals surface area contributed by atoms with Gasteiger partial charge >= 0.3 is 0 Å². The molecule has 0 aromatic heterocycles. The van der Waals surface area contributed by atoms with Gasteiger partial charge in [-0.1, -0.05) is 12.1 Å². The van der Waals surface area contributed by atoms with Crippen LogP contribution in [0.3, 0.4) is 0 Å². The number of carbonyl (C=O) groups excluding carboxylic acids is 2. The van der Waals surface area contributed by atoms with Gasteiger partial charge in [0.05, 0.1) is 10.6 Å². The Kier molecular flexibility index (Phi) is 5.49. The first-order valence-electron chi connectivity index (χ1n) is 10.2. The van der Waals surface area contributed by atoms with Gasteiger partial charge in [-0.05, 0) is 62.9 Å². The summed E-state index contributed by atoms with van der Waals surface area (Å²) in [4.78, 5) is 24.8. The van der Waals surface area contributed by atoms with Crippen molar-refractivity contribution in [2.45, 2.75) is 50.7 Å². The third-order valence-electron chi connectivity index (χ3n) is 5.59. The first-order chi connectivity index (χ1) is 14.7. The molecule has 2 atom stereocenters. The summed E-state index contributed by atoms with van der Waals surface area (Å²) < 4.78 is 33.9. The van der Waals surface area contributed by atoms with E-state index in [1.54, 1.807) is 26.0 Å². The first kappa shape index (κ1) is 21.3. The van der Waals surface area contributed by atoms with Crippen molar-refractivity contribution in [3.63, 3.8) is 0 Å². The van der Waals surface area contributed by atoms with Gasteiger partial charge in [-0.25, -0.2) is 8.42 Å². The Bertz CT molecular complexity index is 1160. The van der Waals surface area contributed by atoms with Crippen LogP contribution in [-0.4, -0.2) is 43.2 Å². The fourth-order valence-electron chi connectivity index (χ4n) is 3.99. The zero-order chi connectivity index (χ0) is 22.3. The lowest BCUT2D eigenvalue weighted by molar-refractivity contribution is -0.122. The Morgan fingerprint density at radius 3 is 2.74 bits per heavy atom. The zero-order valence-corrected chi connectivity index (χ0v) is 18.5. The number of benzene rings is 2. The van der Waals surface area contributed by atoms with Crippen molar-refractivity contribution < 1.29 is 22.7 Å². The molecule has 0 radical (unpaired) electrons. The van der Waals surface area contributed by atoms with Crippen molar-refractivity contribution in [1.29, 1.82) is 0 Å². The molecule has 0 saturated carbocycles. The number of hydrogen-bond acceptors (Lipinski definition) is 5. The van der Waals surface area contributed by atoms with Crippen LogP contribution in [0.25, 0.3) is 0 Å². The van der Waals surface area contributed by atoms with Crippen molar-refractivity contribution in [3.8, 4) is 5.75 Å².